The van der Waals surface area contributed by atoms with E-state index >= 15 is 0 Å². The summed E-state index contributed by atoms with van der Waals surface area (Å²) in [5, 5.41) is 0.753. The van der Waals surface area contributed by atoms with E-state index < -0.39 is 23.2 Å². The van der Waals surface area contributed by atoms with Crippen molar-refractivity contribution in [3.63, 3.8) is 0 Å². The molecule has 0 saturated carbocycles. The van der Waals surface area contributed by atoms with E-state index in [0.717, 1.165) is 16.7 Å². The molecule has 3 rings (SSSR count). The number of pyridine rings is 1. The highest BCUT2D eigenvalue weighted by molar-refractivity contribution is 6.35. The normalized spacial score (nSPS) is 11.3. The molecule has 162 valence electrons. The molecule has 0 bridgehead atoms. The molecule has 0 aliphatic carbocycles. The van der Waals surface area contributed by atoms with Gasteiger partial charge < -0.3 is 9.64 Å². The minimum Gasteiger partial charge on any atom is -0.439 e. The number of ether oxygens (including phenoxy) is 1. The Balaban J connectivity index is 1.91. The summed E-state index contributed by atoms with van der Waals surface area (Å²) in [7, 11) is 1.39. The Bertz CT molecular complexity index is 1080. The quantitative estimate of drug-likeness (QED) is 0.414. The van der Waals surface area contributed by atoms with Crippen molar-refractivity contribution in [3.05, 3.63) is 87.0 Å². The second kappa shape index (κ2) is 9.16. The Morgan fingerprint density at radius 3 is 2.42 bits per heavy atom. The maximum Gasteiger partial charge on any atom is 0.417 e. The molecule has 0 N–H and O–H groups in total. The zero-order valence-electron chi connectivity index (χ0n) is 16.5. The molecule has 2 aromatic carbocycles. The molecule has 0 fully saturated rings. The fraction of sp³-hybridized carbons (Fsp3) is 0.182. The highest BCUT2D eigenvalue weighted by Gasteiger charge is 2.37. The summed E-state index contributed by atoms with van der Waals surface area (Å²) in [5.74, 6) is -0.794. The van der Waals surface area contributed by atoms with Crippen LogP contribution in [0.5, 0.6) is 11.6 Å². The van der Waals surface area contributed by atoms with Gasteiger partial charge in [0.2, 0.25) is 5.88 Å². The van der Waals surface area contributed by atoms with E-state index in [1.165, 1.54) is 13.1 Å². The minimum absolute atomic E-state index is 0.000231. The van der Waals surface area contributed by atoms with E-state index in [9.17, 15) is 18.0 Å². The number of aryl methyl sites for hydroxylation is 1. The van der Waals surface area contributed by atoms with Crippen LogP contribution in [0.15, 0.2) is 54.7 Å². The summed E-state index contributed by atoms with van der Waals surface area (Å²) in [6.45, 7) is 1.75. The van der Waals surface area contributed by atoms with Gasteiger partial charge in [0.05, 0.1) is 11.1 Å². The standard InChI is InChI=1S/C22H17Cl2F3N2O2/c1-13-8-14(23)9-19(24)17(13)12-29(2)21(30)16-11-28-20(10-18(16)22(25,26)27)31-15-6-4-3-5-7-15/h3-11H,12H2,1-2H3. The molecule has 9 heteroatoms. The first-order valence-electron chi connectivity index (χ1n) is 9.06. The molecule has 31 heavy (non-hydrogen) atoms. The highest BCUT2D eigenvalue weighted by atomic mass is 35.5. The van der Waals surface area contributed by atoms with E-state index in [2.05, 4.69) is 4.98 Å². The molecule has 0 radical (unpaired) electrons. The molecule has 0 atom stereocenters. The minimum atomic E-state index is -4.78. The monoisotopic (exact) mass is 468 g/mol. The van der Waals surface area contributed by atoms with Gasteiger partial charge in [-0.15, -0.1) is 0 Å². The molecule has 1 amide bonds. The van der Waals surface area contributed by atoms with Gasteiger partial charge in [-0.2, -0.15) is 13.2 Å². The number of amides is 1. The van der Waals surface area contributed by atoms with Crippen LogP contribution in [-0.2, 0) is 12.7 Å². The topological polar surface area (TPSA) is 42.4 Å². The van der Waals surface area contributed by atoms with Gasteiger partial charge in [0.1, 0.15) is 5.75 Å². The zero-order chi connectivity index (χ0) is 22.8. The largest absolute Gasteiger partial charge is 0.439 e. The third kappa shape index (κ3) is 5.48. The fourth-order valence-corrected chi connectivity index (χ4v) is 3.61. The number of carbonyl (C=O) groups excluding carboxylic acids is 1. The number of alkyl halides is 3. The van der Waals surface area contributed by atoms with Gasteiger partial charge in [-0.05, 0) is 42.3 Å². The lowest BCUT2D eigenvalue weighted by Crippen LogP contribution is -2.29. The van der Waals surface area contributed by atoms with Crippen molar-refractivity contribution in [3.8, 4) is 11.6 Å². The highest BCUT2D eigenvalue weighted by Crippen LogP contribution is 2.35. The van der Waals surface area contributed by atoms with Crippen molar-refractivity contribution in [2.75, 3.05) is 7.05 Å². The summed E-state index contributed by atoms with van der Waals surface area (Å²) in [6, 6.07) is 12.2. The van der Waals surface area contributed by atoms with Gasteiger partial charge in [0.15, 0.2) is 0 Å². The maximum absolute atomic E-state index is 13.7. The van der Waals surface area contributed by atoms with Crippen molar-refractivity contribution in [1.82, 2.24) is 9.88 Å². The van der Waals surface area contributed by atoms with Crippen molar-refractivity contribution < 1.29 is 22.7 Å². The van der Waals surface area contributed by atoms with E-state index in [-0.39, 0.29) is 12.4 Å². The average Bonchev–Trinajstić information content (AvgIpc) is 2.70. The van der Waals surface area contributed by atoms with Crippen LogP contribution in [0.4, 0.5) is 13.2 Å². The number of rotatable bonds is 5. The molecule has 0 spiro atoms. The fourth-order valence-electron chi connectivity index (χ4n) is 2.95. The number of para-hydroxylation sites is 1. The molecular weight excluding hydrogens is 452 g/mol. The lowest BCUT2D eigenvalue weighted by Gasteiger charge is -2.22. The van der Waals surface area contributed by atoms with Crippen LogP contribution in [0.2, 0.25) is 10.0 Å². The zero-order valence-corrected chi connectivity index (χ0v) is 18.0. The number of benzene rings is 2. The van der Waals surface area contributed by atoms with Crippen LogP contribution >= 0.6 is 23.2 Å². The summed E-state index contributed by atoms with van der Waals surface area (Å²) in [4.78, 5) is 17.9. The number of halogens is 5. The van der Waals surface area contributed by atoms with Crippen LogP contribution in [0.25, 0.3) is 0 Å². The lowest BCUT2D eigenvalue weighted by atomic mass is 10.1. The molecule has 0 aliphatic heterocycles. The van der Waals surface area contributed by atoms with Gasteiger partial charge in [-0.1, -0.05) is 41.4 Å². The third-order valence-corrected chi connectivity index (χ3v) is 5.06. The SMILES string of the molecule is Cc1cc(Cl)cc(Cl)c1CN(C)C(=O)c1cnc(Oc2ccccc2)cc1C(F)(F)F. The van der Waals surface area contributed by atoms with Gasteiger partial charge in [-0.3, -0.25) is 4.79 Å². The molecule has 0 aliphatic rings. The number of nitrogens with zero attached hydrogens (tertiary/aromatic N) is 2. The summed E-state index contributed by atoms with van der Waals surface area (Å²) < 4.78 is 46.5. The second-order valence-electron chi connectivity index (χ2n) is 6.83. The lowest BCUT2D eigenvalue weighted by molar-refractivity contribution is -0.138. The first kappa shape index (κ1) is 22.9. The molecule has 0 saturated heterocycles. The predicted molar refractivity (Wildman–Crippen MR) is 113 cm³/mol. The van der Waals surface area contributed by atoms with E-state index in [1.807, 2.05) is 0 Å². The van der Waals surface area contributed by atoms with Crippen molar-refractivity contribution in [2.24, 2.45) is 0 Å². The molecule has 4 nitrogen and oxygen atoms in total. The van der Waals surface area contributed by atoms with E-state index in [1.54, 1.807) is 43.3 Å². The third-order valence-electron chi connectivity index (χ3n) is 4.51. The van der Waals surface area contributed by atoms with Crippen LogP contribution in [-0.4, -0.2) is 22.8 Å². The molecule has 1 aromatic heterocycles. The van der Waals surface area contributed by atoms with E-state index in [4.69, 9.17) is 27.9 Å². The first-order chi connectivity index (χ1) is 14.6. The molecular formula is C22H17Cl2F3N2O2. The Morgan fingerprint density at radius 2 is 1.81 bits per heavy atom. The van der Waals surface area contributed by atoms with Crippen LogP contribution < -0.4 is 4.74 Å². The molecule has 0 unspecified atom stereocenters. The first-order valence-corrected chi connectivity index (χ1v) is 9.82. The van der Waals surface area contributed by atoms with Crippen molar-refractivity contribution >= 4 is 29.1 Å². The van der Waals surface area contributed by atoms with Gasteiger partial charge in [-0.25, -0.2) is 4.98 Å². The number of carbonyl (C=O) groups is 1. The van der Waals surface area contributed by atoms with E-state index in [0.29, 0.717) is 27.4 Å². The summed E-state index contributed by atoms with van der Waals surface area (Å²) in [6.07, 6.45) is -3.91. The Morgan fingerprint density at radius 1 is 1.13 bits per heavy atom. The maximum atomic E-state index is 13.7. The Labute approximate surface area is 187 Å². The van der Waals surface area contributed by atoms with Gasteiger partial charge in [0.25, 0.3) is 5.91 Å². The van der Waals surface area contributed by atoms with Crippen LogP contribution in [0.3, 0.4) is 0 Å². The van der Waals surface area contributed by atoms with Crippen LogP contribution in [0, 0.1) is 6.92 Å². The predicted octanol–water partition coefficient (Wildman–Crippen LogP) is 6.78. The van der Waals surface area contributed by atoms with Gasteiger partial charge >= 0.3 is 6.18 Å². The van der Waals surface area contributed by atoms with Gasteiger partial charge in [0, 0.05) is 35.9 Å². The Kier molecular flexibility index (Phi) is 6.77. The molecule has 3 aromatic rings. The summed E-state index contributed by atoms with van der Waals surface area (Å²) >= 11 is 12.2. The van der Waals surface area contributed by atoms with Crippen molar-refractivity contribution in [1.29, 1.82) is 0 Å². The Hall–Kier alpha value is -2.77. The molecule has 1 heterocycles. The number of aromatic nitrogens is 1. The second-order valence-corrected chi connectivity index (χ2v) is 7.67. The smallest absolute Gasteiger partial charge is 0.417 e. The summed E-state index contributed by atoms with van der Waals surface area (Å²) in [5.41, 5.74) is -0.409. The average molecular weight is 469 g/mol. The van der Waals surface area contributed by atoms with Crippen molar-refractivity contribution in [2.45, 2.75) is 19.6 Å². The number of hydrogen-bond donors (Lipinski definition) is 0. The van der Waals surface area contributed by atoms with Crippen LogP contribution in [0.1, 0.15) is 27.0 Å². The number of hydrogen-bond acceptors (Lipinski definition) is 3.